The van der Waals surface area contributed by atoms with Crippen LogP contribution in [-0.2, 0) is 13.1 Å². The number of aromatic nitrogens is 1. The first kappa shape index (κ1) is 21.9. The van der Waals surface area contributed by atoms with Crippen molar-refractivity contribution in [2.75, 3.05) is 45.2 Å². The van der Waals surface area contributed by atoms with Crippen LogP contribution in [0.4, 0.5) is 5.82 Å². The maximum atomic E-state index is 4.64. The number of likely N-dealkylation sites (N-methyl/N-ethyl adjacent to an activating group) is 1. The number of anilines is 1. The van der Waals surface area contributed by atoms with Crippen LogP contribution in [0.15, 0.2) is 35.5 Å². The van der Waals surface area contributed by atoms with Gasteiger partial charge in [-0.25, -0.2) is 4.98 Å². The number of nitrogens with one attached hydrogen (secondary N) is 2. The molecule has 1 aliphatic rings. The number of pyridine rings is 1. The van der Waals surface area contributed by atoms with Crippen molar-refractivity contribution in [3.05, 3.63) is 45.8 Å². The van der Waals surface area contributed by atoms with Crippen LogP contribution in [0.3, 0.4) is 0 Å². The van der Waals surface area contributed by atoms with Crippen molar-refractivity contribution in [3.8, 4) is 0 Å². The third kappa shape index (κ3) is 6.62. The topological polar surface area (TPSA) is 55.8 Å². The van der Waals surface area contributed by atoms with Crippen molar-refractivity contribution in [1.82, 2.24) is 20.5 Å². The molecule has 0 spiro atoms. The average molecular weight is 500 g/mol. The van der Waals surface area contributed by atoms with Crippen LogP contribution in [0.1, 0.15) is 15.3 Å². The summed E-state index contributed by atoms with van der Waals surface area (Å²) in [6.07, 6.45) is 1.95. The Labute approximate surface area is 183 Å². The lowest BCUT2D eigenvalue weighted by atomic mass is 10.2. The van der Waals surface area contributed by atoms with Crippen molar-refractivity contribution in [1.29, 1.82) is 0 Å². The number of halogens is 1. The van der Waals surface area contributed by atoms with Gasteiger partial charge in [-0.05, 0) is 37.7 Å². The number of hydrogen-bond acceptors (Lipinski definition) is 5. The second kappa shape index (κ2) is 10.8. The molecule has 0 saturated carbocycles. The van der Waals surface area contributed by atoms with E-state index in [1.54, 1.807) is 18.4 Å². The number of thiophene rings is 1. The normalized spacial score (nSPS) is 15.4. The Morgan fingerprint density at radius 2 is 1.85 bits per heavy atom. The van der Waals surface area contributed by atoms with E-state index < -0.39 is 0 Å². The highest BCUT2D eigenvalue weighted by Gasteiger charge is 2.14. The van der Waals surface area contributed by atoms with Crippen molar-refractivity contribution in [2.24, 2.45) is 4.99 Å². The van der Waals surface area contributed by atoms with Crippen molar-refractivity contribution in [3.63, 3.8) is 0 Å². The Hall–Kier alpha value is -1.39. The summed E-state index contributed by atoms with van der Waals surface area (Å²) < 4.78 is 0. The van der Waals surface area contributed by atoms with Crippen LogP contribution in [0, 0.1) is 6.92 Å². The van der Waals surface area contributed by atoms with Gasteiger partial charge < -0.3 is 20.4 Å². The first-order chi connectivity index (χ1) is 12.6. The maximum absolute atomic E-state index is 4.64. The Morgan fingerprint density at radius 3 is 2.44 bits per heavy atom. The quantitative estimate of drug-likeness (QED) is 0.376. The van der Waals surface area contributed by atoms with Crippen LogP contribution in [0.25, 0.3) is 0 Å². The van der Waals surface area contributed by atoms with Gasteiger partial charge >= 0.3 is 0 Å². The van der Waals surface area contributed by atoms with Gasteiger partial charge in [-0.1, -0.05) is 6.07 Å². The minimum Gasteiger partial charge on any atom is -0.354 e. The van der Waals surface area contributed by atoms with Gasteiger partial charge in [-0.15, -0.1) is 35.3 Å². The summed E-state index contributed by atoms with van der Waals surface area (Å²) in [6.45, 7) is 7.89. The van der Waals surface area contributed by atoms with Crippen LogP contribution < -0.4 is 15.5 Å². The van der Waals surface area contributed by atoms with Gasteiger partial charge in [-0.2, -0.15) is 0 Å². The lowest BCUT2D eigenvalue weighted by Gasteiger charge is -2.33. The molecule has 6 nitrogen and oxygen atoms in total. The van der Waals surface area contributed by atoms with E-state index in [1.165, 1.54) is 9.75 Å². The number of aliphatic imine (C=N–C) groups is 1. The van der Waals surface area contributed by atoms with Gasteiger partial charge in [0.25, 0.3) is 0 Å². The lowest BCUT2D eigenvalue weighted by Crippen LogP contribution is -2.44. The minimum atomic E-state index is 0. The molecule has 2 aromatic rings. The molecular formula is C19H29IN6S. The summed E-state index contributed by atoms with van der Waals surface area (Å²) in [5.74, 6) is 1.87. The largest absolute Gasteiger partial charge is 0.354 e. The van der Waals surface area contributed by atoms with Gasteiger partial charge in [0.1, 0.15) is 5.82 Å². The van der Waals surface area contributed by atoms with Crippen molar-refractivity contribution < 1.29 is 0 Å². The van der Waals surface area contributed by atoms with Crippen LogP contribution in [0.5, 0.6) is 0 Å². The van der Waals surface area contributed by atoms with E-state index in [2.05, 4.69) is 68.6 Å². The van der Waals surface area contributed by atoms with Gasteiger partial charge in [-0.3, -0.25) is 4.99 Å². The average Bonchev–Trinajstić information content (AvgIpc) is 3.08. The fourth-order valence-electron chi connectivity index (χ4n) is 2.90. The molecule has 0 atom stereocenters. The maximum Gasteiger partial charge on any atom is 0.191 e. The van der Waals surface area contributed by atoms with Crippen LogP contribution >= 0.6 is 35.3 Å². The highest BCUT2D eigenvalue weighted by molar-refractivity contribution is 14.0. The monoisotopic (exact) mass is 500 g/mol. The predicted molar refractivity (Wildman–Crippen MR) is 125 cm³/mol. The SMILES string of the molecule is CN=C(NCc1ccc(N2CCN(C)CC2)nc1)NCc1ccc(C)s1.I. The number of aryl methyl sites for hydroxylation is 1. The molecule has 0 aliphatic carbocycles. The summed E-state index contributed by atoms with van der Waals surface area (Å²) >= 11 is 1.81. The Kier molecular flexibility index (Phi) is 8.78. The first-order valence-electron chi connectivity index (χ1n) is 9.02. The van der Waals surface area contributed by atoms with E-state index in [1.807, 2.05) is 6.20 Å². The molecule has 8 heteroatoms. The third-order valence-electron chi connectivity index (χ3n) is 4.55. The zero-order chi connectivity index (χ0) is 18.4. The lowest BCUT2D eigenvalue weighted by molar-refractivity contribution is 0.312. The Balaban J connectivity index is 0.00000261. The summed E-state index contributed by atoms with van der Waals surface area (Å²) in [6, 6.07) is 8.56. The van der Waals surface area contributed by atoms with E-state index in [4.69, 9.17) is 0 Å². The van der Waals surface area contributed by atoms with Gasteiger partial charge in [0.05, 0.1) is 6.54 Å². The summed E-state index contributed by atoms with van der Waals surface area (Å²) in [5, 5.41) is 6.70. The van der Waals surface area contributed by atoms with Gasteiger partial charge in [0.2, 0.25) is 0 Å². The van der Waals surface area contributed by atoms with Gasteiger partial charge in [0.15, 0.2) is 5.96 Å². The first-order valence-corrected chi connectivity index (χ1v) is 9.84. The molecule has 148 valence electrons. The molecule has 27 heavy (non-hydrogen) atoms. The van der Waals surface area contributed by atoms with E-state index in [0.717, 1.165) is 50.1 Å². The van der Waals surface area contributed by atoms with Gasteiger partial charge in [0, 0.05) is 55.7 Å². The van der Waals surface area contributed by atoms with Crippen molar-refractivity contribution >= 4 is 47.1 Å². The molecule has 2 aromatic heterocycles. The Bertz CT molecular complexity index is 722. The molecule has 1 saturated heterocycles. The summed E-state index contributed by atoms with van der Waals surface area (Å²) in [5.41, 5.74) is 1.15. The molecule has 3 heterocycles. The standard InChI is InChI=1S/C19H28N6S.HI/c1-15-4-6-17(26-15)14-23-19(20-2)22-13-16-5-7-18(21-12-16)25-10-8-24(3)9-11-25;/h4-7,12H,8-11,13-14H2,1-3H3,(H2,20,22,23);1H. The van der Waals surface area contributed by atoms with Crippen LogP contribution in [0.2, 0.25) is 0 Å². The van der Waals surface area contributed by atoms with E-state index in [-0.39, 0.29) is 24.0 Å². The second-order valence-electron chi connectivity index (χ2n) is 6.61. The molecule has 0 bridgehead atoms. The van der Waals surface area contributed by atoms with Crippen LogP contribution in [-0.4, -0.2) is 56.1 Å². The number of piperazine rings is 1. The summed E-state index contributed by atoms with van der Waals surface area (Å²) in [7, 11) is 3.96. The zero-order valence-corrected chi connectivity index (χ0v) is 19.4. The molecule has 3 rings (SSSR count). The Morgan fingerprint density at radius 1 is 1.11 bits per heavy atom. The number of guanidine groups is 1. The highest BCUT2D eigenvalue weighted by Crippen LogP contribution is 2.15. The molecule has 0 aromatic carbocycles. The molecule has 0 radical (unpaired) electrons. The number of nitrogens with zero attached hydrogens (tertiary/aromatic N) is 4. The third-order valence-corrected chi connectivity index (χ3v) is 5.55. The smallest absolute Gasteiger partial charge is 0.191 e. The molecule has 1 fully saturated rings. The van der Waals surface area contributed by atoms with E-state index in [9.17, 15) is 0 Å². The zero-order valence-electron chi connectivity index (χ0n) is 16.2. The second-order valence-corrected chi connectivity index (χ2v) is 7.98. The van der Waals surface area contributed by atoms with E-state index >= 15 is 0 Å². The van der Waals surface area contributed by atoms with E-state index in [0.29, 0.717) is 6.54 Å². The molecule has 2 N–H and O–H groups in total. The molecule has 0 unspecified atom stereocenters. The number of hydrogen-bond donors (Lipinski definition) is 2. The molecule has 0 amide bonds. The fraction of sp³-hybridized carbons (Fsp3) is 0.474. The molecular weight excluding hydrogens is 471 g/mol. The predicted octanol–water partition coefficient (Wildman–Crippen LogP) is 2.69. The number of rotatable bonds is 5. The summed E-state index contributed by atoms with van der Waals surface area (Å²) in [4.78, 5) is 16.3. The fourth-order valence-corrected chi connectivity index (χ4v) is 3.73. The van der Waals surface area contributed by atoms with Crippen molar-refractivity contribution in [2.45, 2.75) is 20.0 Å². The minimum absolute atomic E-state index is 0. The highest BCUT2D eigenvalue weighted by atomic mass is 127. The molecule has 1 aliphatic heterocycles.